The molecule has 2 aliphatic rings. The van der Waals surface area contributed by atoms with Crippen molar-refractivity contribution in [1.82, 2.24) is 10.2 Å². The van der Waals surface area contributed by atoms with E-state index in [1.807, 2.05) is 0 Å². The van der Waals surface area contributed by atoms with Crippen LogP contribution in [0.15, 0.2) is 0 Å². The van der Waals surface area contributed by atoms with Gasteiger partial charge in [0.1, 0.15) is 12.1 Å². The first kappa shape index (κ1) is 17.9. The van der Waals surface area contributed by atoms with Gasteiger partial charge in [-0.2, -0.15) is 13.2 Å². The van der Waals surface area contributed by atoms with Gasteiger partial charge in [-0.15, -0.1) is 11.8 Å². The number of amides is 2. The van der Waals surface area contributed by atoms with Gasteiger partial charge in [-0.1, -0.05) is 0 Å². The predicted octanol–water partition coefficient (Wildman–Crippen LogP) is 1.05. The summed E-state index contributed by atoms with van der Waals surface area (Å²) in [5, 5.41) is 1.45. The average molecular weight is 354 g/mol. The van der Waals surface area contributed by atoms with Crippen molar-refractivity contribution < 1.29 is 32.3 Å². The number of hydrogen-bond donors (Lipinski definition) is 1. The fourth-order valence-electron chi connectivity index (χ4n) is 2.79. The van der Waals surface area contributed by atoms with Crippen LogP contribution in [0, 0.1) is 0 Å². The number of alkyl halides is 3. The molecule has 0 aromatic heterocycles. The van der Waals surface area contributed by atoms with Crippen molar-refractivity contribution in [2.75, 3.05) is 12.9 Å². The van der Waals surface area contributed by atoms with Crippen LogP contribution in [0.1, 0.15) is 25.7 Å². The summed E-state index contributed by atoms with van der Waals surface area (Å²) in [5.74, 6) is -2.98. The van der Waals surface area contributed by atoms with Gasteiger partial charge in [0.2, 0.25) is 5.91 Å². The van der Waals surface area contributed by atoms with Crippen LogP contribution in [0.2, 0.25) is 0 Å². The number of ether oxygens (including phenoxy) is 1. The maximum Gasteiger partial charge on any atom is 0.471 e. The Morgan fingerprint density at radius 2 is 2.00 bits per heavy atom. The third-order valence-electron chi connectivity index (χ3n) is 3.88. The van der Waals surface area contributed by atoms with Crippen LogP contribution < -0.4 is 5.32 Å². The van der Waals surface area contributed by atoms with Gasteiger partial charge >= 0.3 is 18.1 Å². The molecule has 2 heterocycles. The molecule has 2 aliphatic heterocycles. The first-order valence-corrected chi connectivity index (χ1v) is 8.20. The minimum Gasteiger partial charge on any atom is -0.467 e. The second-order valence-corrected chi connectivity index (χ2v) is 6.64. The second kappa shape index (κ2) is 6.98. The minimum absolute atomic E-state index is 0.0895. The zero-order chi connectivity index (χ0) is 17.2. The third-order valence-corrected chi connectivity index (χ3v) is 5.20. The number of rotatable bonds is 2. The SMILES string of the molecule is COC(=O)C1CCCC2SCCC(NC(=O)C(F)(F)F)C(=O)N21. The van der Waals surface area contributed by atoms with E-state index in [-0.39, 0.29) is 11.8 Å². The molecule has 3 atom stereocenters. The summed E-state index contributed by atoms with van der Waals surface area (Å²) < 4.78 is 41.9. The number of nitrogens with zero attached hydrogens (tertiary/aromatic N) is 1. The Morgan fingerprint density at radius 1 is 1.30 bits per heavy atom. The summed E-state index contributed by atoms with van der Waals surface area (Å²) in [6.45, 7) is 0. The molecule has 2 amide bonds. The highest BCUT2D eigenvalue weighted by atomic mass is 32.2. The Balaban J connectivity index is 2.20. The van der Waals surface area contributed by atoms with Crippen molar-refractivity contribution in [3.8, 4) is 0 Å². The molecule has 2 fully saturated rings. The summed E-state index contributed by atoms with van der Waals surface area (Å²) in [7, 11) is 1.20. The number of nitrogens with one attached hydrogen (secondary N) is 1. The smallest absolute Gasteiger partial charge is 0.467 e. The Hall–Kier alpha value is -1.45. The Kier molecular flexibility index (Phi) is 5.43. The maximum atomic E-state index is 12.6. The molecule has 130 valence electrons. The monoisotopic (exact) mass is 354 g/mol. The molecule has 2 rings (SSSR count). The lowest BCUT2D eigenvalue weighted by Gasteiger charge is -2.40. The Bertz CT molecular complexity index is 500. The molecule has 0 aliphatic carbocycles. The van der Waals surface area contributed by atoms with E-state index in [9.17, 15) is 27.6 Å². The molecule has 3 unspecified atom stereocenters. The zero-order valence-corrected chi connectivity index (χ0v) is 13.2. The fourth-order valence-corrected chi connectivity index (χ4v) is 4.18. The highest BCUT2D eigenvalue weighted by Crippen LogP contribution is 2.34. The number of carbonyl (C=O) groups excluding carboxylic acids is 3. The van der Waals surface area contributed by atoms with Gasteiger partial charge in [-0.3, -0.25) is 9.59 Å². The molecule has 0 bridgehead atoms. The third kappa shape index (κ3) is 3.91. The summed E-state index contributed by atoms with van der Waals surface area (Å²) >= 11 is 1.41. The number of carbonyl (C=O) groups is 3. The lowest BCUT2D eigenvalue weighted by atomic mass is 10.00. The Morgan fingerprint density at radius 3 is 2.61 bits per heavy atom. The molecule has 0 radical (unpaired) electrons. The Labute approximate surface area is 135 Å². The molecule has 23 heavy (non-hydrogen) atoms. The van der Waals surface area contributed by atoms with Crippen molar-refractivity contribution in [2.24, 2.45) is 0 Å². The van der Waals surface area contributed by atoms with E-state index in [2.05, 4.69) is 4.74 Å². The van der Waals surface area contributed by atoms with Gasteiger partial charge in [-0.05, 0) is 31.4 Å². The van der Waals surface area contributed by atoms with Gasteiger partial charge in [0.25, 0.3) is 0 Å². The lowest BCUT2D eigenvalue weighted by molar-refractivity contribution is -0.175. The van der Waals surface area contributed by atoms with Crippen molar-refractivity contribution in [3.05, 3.63) is 0 Å². The molecule has 0 saturated carbocycles. The van der Waals surface area contributed by atoms with Crippen LogP contribution in [-0.4, -0.2) is 59.2 Å². The summed E-state index contributed by atoms with van der Waals surface area (Å²) in [6.07, 6.45) is -3.19. The molecule has 0 aromatic carbocycles. The van der Waals surface area contributed by atoms with Crippen LogP contribution in [-0.2, 0) is 19.1 Å². The summed E-state index contributed by atoms with van der Waals surface area (Å²) in [6, 6.07) is -2.10. The molecular formula is C13H17F3N2O4S. The first-order chi connectivity index (χ1) is 10.8. The maximum absolute atomic E-state index is 12.6. The number of hydrogen-bond acceptors (Lipinski definition) is 5. The number of fused-ring (bicyclic) bond motifs is 1. The fraction of sp³-hybridized carbons (Fsp3) is 0.769. The van der Waals surface area contributed by atoms with E-state index in [0.29, 0.717) is 18.6 Å². The van der Waals surface area contributed by atoms with Gasteiger partial charge in [-0.25, -0.2) is 4.79 Å². The summed E-state index contributed by atoms with van der Waals surface area (Å²) in [5.41, 5.74) is 0. The minimum atomic E-state index is -5.05. The first-order valence-electron chi connectivity index (χ1n) is 7.15. The molecule has 2 saturated heterocycles. The van der Waals surface area contributed by atoms with Crippen LogP contribution in [0.5, 0.6) is 0 Å². The number of thioether (sulfide) groups is 1. The van der Waals surface area contributed by atoms with E-state index in [1.165, 1.54) is 23.8 Å². The normalized spacial score (nSPS) is 28.6. The van der Waals surface area contributed by atoms with E-state index < -0.39 is 36.0 Å². The number of methoxy groups -OCH3 is 1. The zero-order valence-electron chi connectivity index (χ0n) is 12.4. The van der Waals surface area contributed by atoms with Crippen LogP contribution in [0.4, 0.5) is 13.2 Å². The predicted molar refractivity (Wildman–Crippen MR) is 75.3 cm³/mol. The second-order valence-electron chi connectivity index (χ2n) is 5.35. The highest BCUT2D eigenvalue weighted by Gasteiger charge is 2.46. The van der Waals surface area contributed by atoms with Crippen LogP contribution in [0.25, 0.3) is 0 Å². The van der Waals surface area contributed by atoms with E-state index in [4.69, 9.17) is 0 Å². The van der Waals surface area contributed by atoms with Crippen LogP contribution in [0.3, 0.4) is 0 Å². The standard InChI is InChI=1S/C13H17F3N2O4S/c1-22-11(20)8-3-2-4-9-18(8)10(19)7(5-6-23-9)17-12(21)13(14,15)16/h7-9H,2-6H2,1H3,(H,17,21). The molecule has 0 spiro atoms. The van der Waals surface area contributed by atoms with E-state index in [0.717, 1.165) is 6.42 Å². The van der Waals surface area contributed by atoms with Crippen molar-refractivity contribution in [2.45, 2.75) is 49.3 Å². The topological polar surface area (TPSA) is 75.7 Å². The highest BCUT2D eigenvalue weighted by molar-refractivity contribution is 7.99. The van der Waals surface area contributed by atoms with Crippen molar-refractivity contribution in [3.63, 3.8) is 0 Å². The van der Waals surface area contributed by atoms with Gasteiger partial charge in [0.05, 0.1) is 12.5 Å². The van der Waals surface area contributed by atoms with Crippen molar-refractivity contribution >= 4 is 29.5 Å². The number of halogens is 3. The number of piperidine rings is 1. The lowest BCUT2D eigenvalue weighted by Crippen LogP contribution is -2.58. The van der Waals surface area contributed by atoms with E-state index in [1.54, 1.807) is 5.32 Å². The molecule has 1 N–H and O–H groups in total. The molecule has 6 nitrogen and oxygen atoms in total. The number of esters is 1. The summed E-state index contributed by atoms with van der Waals surface area (Å²) in [4.78, 5) is 36.9. The van der Waals surface area contributed by atoms with Gasteiger partial charge in [0, 0.05) is 0 Å². The quantitative estimate of drug-likeness (QED) is 0.751. The molecule has 0 aromatic rings. The van der Waals surface area contributed by atoms with Gasteiger partial charge in [0.15, 0.2) is 0 Å². The van der Waals surface area contributed by atoms with Crippen LogP contribution >= 0.6 is 11.8 Å². The van der Waals surface area contributed by atoms with E-state index >= 15 is 0 Å². The largest absolute Gasteiger partial charge is 0.471 e. The molecule has 10 heteroatoms. The van der Waals surface area contributed by atoms with Crippen molar-refractivity contribution in [1.29, 1.82) is 0 Å². The van der Waals surface area contributed by atoms with Gasteiger partial charge < -0.3 is 15.0 Å². The average Bonchev–Trinajstić information content (AvgIpc) is 2.65. The molecular weight excluding hydrogens is 337 g/mol.